The minimum Gasteiger partial charge on any atom is -0.463 e. The number of likely N-dealkylation sites (N-methyl/N-ethyl adjacent to an activating group) is 2. The fraction of sp³-hybridized carbons (Fsp3) is 0.474. The number of amides is 2. The molecular weight excluding hydrogens is 318 g/mol. The molecule has 0 saturated carbocycles. The summed E-state index contributed by atoms with van der Waals surface area (Å²) in [6.45, 7) is 8.39. The van der Waals surface area contributed by atoms with E-state index in [4.69, 9.17) is 4.74 Å². The van der Waals surface area contributed by atoms with E-state index in [2.05, 4.69) is 24.1 Å². The molecule has 0 saturated heterocycles. The molecule has 25 heavy (non-hydrogen) atoms. The van der Waals surface area contributed by atoms with Crippen LogP contribution in [0.25, 0.3) is 0 Å². The van der Waals surface area contributed by atoms with Gasteiger partial charge in [-0.15, -0.1) is 0 Å². The first-order chi connectivity index (χ1) is 12.0. The van der Waals surface area contributed by atoms with E-state index in [0.717, 1.165) is 18.7 Å². The molecular formula is C19H27N3O3. The molecule has 2 rings (SSSR count). The summed E-state index contributed by atoms with van der Waals surface area (Å²) in [7, 11) is 1.69. The van der Waals surface area contributed by atoms with Crippen molar-refractivity contribution >= 4 is 12.0 Å². The van der Waals surface area contributed by atoms with Crippen molar-refractivity contribution in [3.63, 3.8) is 0 Å². The molecule has 2 amide bonds. The largest absolute Gasteiger partial charge is 0.463 e. The van der Waals surface area contributed by atoms with E-state index in [1.54, 1.807) is 14.0 Å². The van der Waals surface area contributed by atoms with Gasteiger partial charge in [0.2, 0.25) is 0 Å². The molecule has 0 fully saturated rings. The van der Waals surface area contributed by atoms with Crippen LogP contribution in [0.4, 0.5) is 4.79 Å². The van der Waals surface area contributed by atoms with Crippen LogP contribution in [0.5, 0.6) is 0 Å². The van der Waals surface area contributed by atoms with Crippen LogP contribution in [0, 0.1) is 0 Å². The summed E-state index contributed by atoms with van der Waals surface area (Å²) in [4.78, 5) is 28.9. The number of rotatable bonds is 7. The van der Waals surface area contributed by atoms with Crippen LogP contribution < -0.4 is 5.32 Å². The monoisotopic (exact) mass is 345 g/mol. The molecule has 1 aliphatic rings. The Labute approximate surface area is 149 Å². The predicted molar refractivity (Wildman–Crippen MR) is 96.9 cm³/mol. The van der Waals surface area contributed by atoms with Gasteiger partial charge < -0.3 is 10.1 Å². The average molecular weight is 345 g/mol. The number of nitrogens with one attached hydrogen (secondary N) is 1. The van der Waals surface area contributed by atoms with Crippen molar-refractivity contribution in [3.05, 3.63) is 47.2 Å². The van der Waals surface area contributed by atoms with Gasteiger partial charge in [0.05, 0.1) is 18.2 Å². The number of carbonyl (C=O) groups excluding carboxylic acids is 2. The maximum absolute atomic E-state index is 12.7. The van der Waals surface area contributed by atoms with Gasteiger partial charge in [0.1, 0.15) is 0 Å². The third kappa shape index (κ3) is 4.20. The van der Waals surface area contributed by atoms with Crippen LogP contribution in [0.15, 0.2) is 41.6 Å². The highest BCUT2D eigenvalue weighted by Crippen LogP contribution is 2.31. The lowest BCUT2D eigenvalue weighted by Crippen LogP contribution is -2.49. The summed E-state index contributed by atoms with van der Waals surface area (Å²) in [5.74, 6) is -0.384. The molecule has 0 bridgehead atoms. The summed E-state index contributed by atoms with van der Waals surface area (Å²) < 4.78 is 5.30. The van der Waals surface area contributed by atoms with E-state index < -0.39 is 6.04 Å². The molecule has 1 N–H and O–H groups in total. The van der Waals surface area contributed by atoms with Crippen molar-refractivity contribution in [2.45, 2.75) is 26.8 Å². The SMILES string of the molecule is CCOC(=O)C1=C(CN(CC)CC)N(C)C(=O)N[C@H]1c1ccccc1. The molecule has 0 unspecified atom stereocenters. The Kier molecular flexibility index (Phi) is 6.58. The Balaban J connectivity index is 2.55. The Hall–Kier alpha value is -2.34. The number of benzene rings is 1. The Morgan fingerprint density at radius 3 is 2.40 bits per heavy atom. The minimum absolute atomic E-state index is 0.218. The molecule has 136 valence electrons. The molecule has 1 aromatic rings. The highest BCUT2D eigenvalue weighted by atomic mass is 16.5. The first-order valence-electron chi connectivity index (χ1n) is 8.75. The van der Waals surface area contributed by atoms with Crippen molar-refractivity contribution < 1.29 is 14.3 Å². The van der Waals surface area contributed by atoms with Gasteiger partial charge in [0.15, 0.2) is 0 Å². The van der Waals surface area contributed by atoms with Crippen LogP contribution in [0.2, 0.25) is 0 Å². The minimum atomic E-state index is -0.505. The number of ether oxygens (including phenoxy) is 1. The van der Waals surface area contributed by atoms with Crippen LogP contribution >= 0.6 is 0 Å². The van der Waals surface area contributed by atoms with Gasteiger partial charge in [0, 0.05) is 19.3 Å². The van der Waals surface area contributed by atoms with Gasteiger partial charge in [-0.25, -0.2) is 9.59 Å². The van der Waals surface area contributed by atoms with Gasteiger partial charge in [-0.05, 0) is 25.6 Å². The van der Waals surface area contributed by atoms with E-state index in [-0.39, 0.29) is 12.0 Å². The van der Waals surface area contributed by atoms with E-state index in [9.17, 15) is 9.59 Å². The zero-order valence-electron chi connectivity index (χ0n) is 15.4. The highest BCUT2D eigenvalue weighted by Gasteiger charge is 2.36. The Morgan fingerprint density at radius 2 is 1.84 bits per heavy atom. The second-order valence-electron chi connectivity index (χ2n) is 5.89. The van der Waals surface area contributed by atoms with Crippen molar-refractivity contribution in [2.24, 2.45) is 0 Å². The Morgan fingerprint density at radius 1 is 1.20 bits per heavy atom. The van der Waals surface area contributed by atoms with E-state index in [1.165, 1.54) is 4.90 Å². The van der Waals surface area contributed by atoms with Gasteiger partial charge in [0.25, 0.3) is 0 Å². The molecule has 1 heterocycles. The second-order valence-corrected chi connectivity index (χ2v) is 5.89. The van der Waals surface area contributed by atoms with Crippen molar-refractivity contribution in [2.75, 3.05) is 33.3 Å². The third-order valence-electron chi connectivity index (χ3n) is 4.47. The van der Waals surface area contributed by atoms with Crippen molar-refractivity contribution in [3.8, 4) is 0 Å². The second kappa shape index (κ2) is 8.67. The standard InChI is InChI=1S/C19H27N3O3/c1-5-22(6-2)13-15-16(18(23)25-7-3)17(20-19(24)21(15)4)14-11-9-8-10-12-14/h8-12,17H,5-7,13H2,1-4H3,(H,20,24)/t17-/m0/s1. The zero-order valence-corrected chi connectivity index (χ0v) is 15.4. The van der Waals surface area contributed by atoms with E-state index in [0.29, 0.717) is 24.4 Å². The van der Waals surface area contributed by atoms with Crippen LogP contribution in [-0.4, -0.2) is 55.1 Å². The van der Waals surface area contributed by atoms with Crippen molar-refractivity contribution in [1.29, 1.82) is 0 Å². The molecule has 0 radical (unpaired) electrons. The molecule has 0 spiro atoms. The fourth-order valence-corrected chi connectivity index (χ4v) is 2.95. The summed E-state index contributed by atoms with van der Waals surface area (Å²) in [6.07, 6.45) is 0. The molecule has 6 nitrogen and oxygen atoms in total. The Bertz CT molecular complexity index is 639. The fourth-order valence-electron chi connectivity index (χ4n) is 2.95. The summed E-state index contributed by atoms with van der Waals surface area (Å²) in [5.41, 5.74) is 2.06. The molecule has 1 atom stereocenters. The van der Waals surface area contributed by atoms with Crippen LogP contribution in [0.1, 0.15) is 32.4 Å². The quantitative estimate of drug-likeness (QED) is 0.772. The maximum atomic E-state index is 12.7. The third-order valence-corrected chi connectivity index (χ3v) is 4.47. The topological polar surface area (TPSA) is 61.9 Å². The number of nitrogens with zero attached hydrogens (tertiary/aromatic N) is 2. The molecule has 6 heteroatoms. The predicted octanol–water partition coefficient (Wildman–Crippen LogP) is 2.54. The first-order valence-corrected chi connectivity index (χ1v) is 8.75. The molecule has 0 aliphatic carbocycles. The molecule has 1 aliphatic heterocycles. The number of esters is 1. The summed E-state index contributed by atoms with van der Waals surface area (Å²) >= 11 is 0. The smallest absolute Gasteiger partial charge is 0.338 e. The van der Waals surface area contributed by atoms with E-state index >= 15 is 0 Å². The first kappa shape index (κ1) is 19.0. The number of hydrogen-bond donors (Lipinski definition) is 1. The van der Waals surface area contributed by atoms with Gasteiger partial charge >= 0.3 is 12.0 Å². The van der Waals surface area contributed by atoms with Crippen molar-refractivity contribution in [1.82, 2.24) is 15.1 Å². The summed E-state index contributed by atoms with van der Waals surface area (Å²) in [5, 5.41) is 2.92. The normalized spacial score (nSPS) is 17.7. The lowest BCUT2D eigenvalue weighted by molar-refractivity contribution is -0.139. The van der Waals surface area contributed by atoms with Gasteiger partial charge in [-0.1, -0.05) is 44.2 Å². The average Bonchev–Trinajstić information content (AvgIpc) is 2.63. The van der Waals surface area contributed by atoms with E-state index in [1.807, 2.05) is 30.3 Å². The lowest BCUT2D eigenvalue weighted by atomic mass is 9.94. The molecule has 0 aromatic heterocycles. The summed E-state index contributed by atoms with van der Waals surface area (Å²) in [6, 6.07) is 8.79. The maximum Gasteiger partial charge on any atom is 0.338 e. The molecule has 1 aromatic carbocycles. The lowest BCUT2D eigenvalue weighted by Gasteiger charge is -2.36. The van der Waals surface area contributed by atoms with Gasteiger partial charge in [-0.3, -0.25) is 9.80 Å². The number of urea groups is 1. The van der Waals surface area contributed by atoms with Crippen LogP contribution in [-0.2, 0) is 9.53 Å². The number of carbonyl (C=O) groups is 2. The van der Waals surface area contributed by atoms with Crippen LogP contribution in [0.3, 0.4) is 0 Å². The zero-order chi connectivity index (χ0) is 18.4. The van der Waals surface area contributed by atoms with Gasteiger partial charge in [-0.2, -0.15) is 0 Å². The number of hydrogen-bond acceptors (Lipinski definition) is 4. The highest BCUT2D eigenvalue weighted by molar-refractivity contribution is 5.95.